The maximum atomic E-state index is 13.5. The molecule has 106 valence electrons. The van der Waals surface area contributed by atoms with Crippen LogP contribution in [-0.4, -0.2) is 42.3 Å². The van der Waals surface area contributed by atoms with Gasteiger partial charge < -0.3 is 4.90 Å². The zero-order valence-electron chi connectivity index (χ0n) is 11.9. The number of hydrogen-bond acceptors (Lipinski definition) is 3. The molecule has 0 aromatic heterocycles. The van der Waals surface area contributed by atoms with Crippen molar-refractivity contribution >= 4 is 17.5 Å². The van der Waals surface area contributed by atoms with Gasteiger partial charge in [0.25, 0.3) is 0 Å². The smallest absolute Gasteiger partial charge is 0.167 e. The zero-order valence-corrected chi connectivity index (χ0v) is 12.7. The van der Waals surface area contributed by atoms with Crippen LogP contribution in [0.15, 0.2) is 24.3 Å². The monoisotopic (exact) mass is 283 g/mol. The normalized spacial score (nSPS) is 12.7. The molecule has 1 rings (SSSR count). The number of thioether (sulfide) groups is 1. The van der Waals surface area contributed by atoms with E-state index in [1.807, 2.05) is 18.8 Å². The highest BCUT2D eigenvalue weighted by Crippen LogP contribution is 2.12. The Morgan fingerprint density at radius 3 is 2.68 bits per heavy atom. The molecule has 0 fully saturated rings. The van der Waals surface area contributed by atoms with Crippen LogP contribution in [0.25, 0.3) is 0 Å². The lowest BCUT2D eigenvalue weighted by Crippen LogP contribution is -2.34. The van der Waals surface area contributed by atoms with Crippen LogP contribution in [0.5, 0.6) is 0 Å². The van der Waals surface area contributed by atoms with Gasteiger partial charge in [0.15, 0.2) is 5.78 Å². The van der Waals surface area contributed by atoms with Crippen LogP contribution >= 0.6 is 11.8 Å². The van der Waals surface area contributed by atoms with E-state index in [0.29, 0.717) is 19.0 Å². The quantitative estimate of drug-likeness (QED) is 0.681. The van der Waals surface area contributed by atoms with E-state index in [0.717, 1.165) is 12.2 Å². The summed E-state index contributed by atoms with van der Waals surface area (Å²) in [7, 11) is 2.03. The van der Waals surface area contributed by atoms with E-state index in [2.05, 4.69) is 18.1 Å². The number of hydrogen-bond donors (Lipinski definition) is 0. The highest BCUT2D eigenvalue weighted by Gasteiger charge is 2.15. The second kappa shape index (κ2) is 8.33. The molecule has 0 aliphatic heterocycles. The van der Waals surface area contributed by atoms with Crippen LogP contribution in [0.3, 0.4) is 0 Å². The molecule has 0 spiro atoms. The van der Waals surface area contributed by atoms with Gasteiger partial charge in [0.2, 0.25) is 0 Å². The fraction of sp³-hybridized carbons (Fsp3) is 0.533. The summed E-state index contributed by atoms with van der Waals surface area (Å²) in [6.07, 6.45) is 3.51. The highest BCUT2D eigenvalue weighted by molar-refractivity contribution is 7.98. The van der Waals surface area contributed by atoms with Crippen molar-refractivity contribution in [2.45, 2.75) is 25.8 Å². The van der Waals surface area contributed by atoms with Crippen molar-refractivity contribution in [1.82, 2.24) is 4.90 Å². The number of nitrogens with zero attached hydrogens (tertiary/aromatic N) is 1. The predicted octanol–water partition coefficient (Wildman–Crippen LogP) is 3.47. The number of benzene rings is 1. The predicted molar refractivity (Wildman–Crippen MR) is 80.4 cm³/mol. The first-order chi connectivity index (χ1) is 9.10. The number of Topliss-reactive ketones (excluding diaryl/α,β-unsaturated/α-hetero) is 1. The number of carbonyl (C=O) groups is 1. The van der Waals surface area contributed by atoms with Gasteiger partial charge >= 0.3 is 0 Å². The van der Waals surface area contributed by atoms with Crippen molar-refractivity contribution in [3.8, 4) is 0 Å². The van der Waals surface area contributed by atoms with Gasteiger partial charge in [-0.05, 0) is 31.9 Å². The largest absolute Gasteiger partial charge is 0.302 e. The lowest BCUT2D eigenvalue weighted by molar-refractivity contribution is 0.0958. The third kappa shape index (κ3) is 4.96. The number of carbonyl (C=O) groups excluding carboxylic acids is 1. The summed E-state index contributed by atoms with van der Waals surface area (Å²) in [6.45, 7) is 2.82. The fourth-order valence-electron chi connectivity index (χ4n) is 2.03. The van der Waals surface area contributed by atoms with Crippen LogP contribution in [0.1, 0.15) is 30.1 Å². The Morgan fingerprint density at radius 2 is 2.11 bits per heavy atom. The van der Waals surface area contributed by atoms with Crippen molar-refractivity contribution in [1.29, 1.82) is 0 Å². The molecule has 0 N–H and O–H groups in total. The third-order valence-electron chi connectivity index (χ3n) is 3.32. The molecule has 1 atom stereocenters. The van der Waals surface area contributed by atoms with Gasteiger partial charge in [-0.2, -0.15) is 11.8 Å². The van der Waals surface area contributed by atoms with Crippen molar-refractivity contribution in [3.63, 3.8) is 0 Å². The van der Waals surface area contributed by atoms with E-state index in [4.69, 9.17) is 0 Å². The molecule has 0 saturated heterocycles. The molecule has 0 bridgehead atoms. The zero-order chi connectivity index (χ0) is 14.3. The van der Waals surface area contributed by atoms with Gasteiger partial charge in [-0.1, -0.05) is 19.1 Å². The molecule has 19 heavy (non-hydrogen) atoms. The Bertz CT molecular complexity index is 411. The van der Waals surface area contributed by atoms with E-state index in [1.165, 1.54) is 6.07 Å². The Labute approximate surface area is 119 Å². The molecule has 2 nitrogen and oxygen atoms in total. The first kappa shape index (κ1) is 16.2. The number of ketones is 1. The van der Waals surface area contributed by atoms with Crippen LogP contribution < -0.4 is 0 Å². The van der Waals surface area contributed by atoms with Crippen LogP contribution in [-0.2, 0) is 0 Å². The highest BCUT2D eigenvalue weighted by atomic mass is 32.2. The van der Waals surface area contributed by atoms with Crippen molar-refractivity contribution < 1.29 is 9.18 Å². The molecule has 0 aliphatic carbocycles. The standard InChI is InChI=1S/C15H22FNOS/c1-4-12(11-19-3)17(2)10-9-15(18)13-7-5-6-8-14(13)16/h5-8,12H,4,9-11H2,1-3H3. The van der Waals surface area contributed by atoms with E-state index in [-0.39, 0.29) is 11.3 Å². The van der Waals surface area contributed by atoms with Gasteiger partial charge in [0.1, 0.15) is 5.82 Å². The SMILES string of the molecule is CCC(CSC)N(C)CCC(=O)c1ccccc1F. The summed E-state index contributed by atoms with van der Waals surface area (Å²) in [5.41, 5.74) is 0.203. The molecule has 4 heteroatoms. The molecule has 1 unspecified atom stereocenters. The molecular formula is C15H22FNOS. The summed E-state index contributed by atoms with van der Waals surface area (Å²) in [6, 6.07) is 6.66. The summed E-state index contributed by atoms with van der Waals surface area (Å²) < 4.78 is 13.5. The summed E-state index contributed by atoms with van der Waals surface area (Å²) in [4.78, 5) is 14.2. The minimum atomic E-state index is -0.425. The molecule has 0 radical (unpaired) electrons. The molecule has 1 aromatic rings. The van der Waals surface area contributed by atoms with E-state index in [9.17, 15) is 9.18 Å². The molecule has 1 aromatic carbocycles. The maximum absolute atomic E-state index is 13.5. The van der Waals surface area contributed by atoms with Crippen molar-refractivity contribution in [2.24, 2.45) is 0 Å². The topological polar surface area (TPSA) is 20.3 Å². The van der Waals surface area contributed by atoms with E-state index >= 15 is 0 Å². The van der Waals surface area contributed by atoms with E-state index < -0.39 is 5.82 Å². The Balaban J connectivity index is 2.52. The van der Waals surface area contributed by atoms with Crippen LogP contribution in [0.4, 0.5) is 4.39 Å². The minimum absolute atomic E-state index is 0.121. The Hall–Kier alpha value is -0.870. The molecular weight excluding hydrogens is 261 g/mol. The molecule has 0 amide bonds. The lowest BCUT2D eigenvalue weighted by Gasteiger charge is -2.26. The fourth-order valence-corrected chi connectivity index (χ4v) is 2.91. The molecule has 0 saturated carbocycles. The van der Waals surface area contributed by atoms with Gasteiger partial charge in [-0.25, -0.2) is 4.39 Å². The van der Waals surface area contributed by atoms with Gasteiger partial charge in [-0.15, -0.1) is 0 Å². The summed E-state index contributed by atoms with van der Waals surface area (Å²) in [5, 5.41) is 0. The van der Waals surface area contributed by atoms with Crippen LogP contribution in [0, 0.1) is 5.82 Å². The second-order valence-corrected chi connectivity index (χ2v) is 5.56. The lowest BCUT2D eigenvalue weighted by atomic mass is 10.1. The van der Waals surface area contributed by atoms with Crippen molar-refractivity contribution in [3.05, 3.63) is 35.6 Å². The summed E-state index contributed by atoms with van der Waals surface area (Å²) in [5.74, 6) is 0.510. The van der Waals surface area contributed by atoms with Crippen LogP contribution in [0.2, 0.25) is 0 Å². The Morgan fingerprint density at radius 1 is 1.42 bits per heavy atom. The van der Waals surface area contributed by atoms with Gasteiger partial charge in [0, 0.05) is 24.8 Å². The maximum Gasteiger partial charge on any atom is 0.167 e. The van der Waals surface area contributed by atoms with Gasteiger partial charge in [-0.3, -0.25) is 4.79 Å². The molecule has 0 aliphatic rings. The van der Waals surface area contributed by atoms with Gasteiger partial charge in [0.05, 0.1) is 5.56 Å². The number of halogens is 1. The first-order valence-corrected chi connectivity index (χ1v) is 7.96. The second-order valence-electron chi connectivity index (χ2n) is 4.65. The Kier molecular flexibility index (Phi) is 7.10. The number of rotatable bonds is 8. The average Bonchev–Trinajstić information content (AvgIpc) is 2.42. The summed E-state index contributed by atoms with van der Waals surface area (Å²) >= 11 is 1.81. The first-order valence-electron chi connectivity index (χ1n) is 6.57. The minimum Gasteiger partial charge on any atom is -0.302 e. The van der Waals surface area contributed by atoms with E-state index in [1.54, 1.807) is 18.2 Å². The third-order valence-corrected chi connectivity index (χ3v) is 4.04. The average molecular weight is 283 g/mol. The molecule has 0 heterocycles. The van der Waals surface area contributed by atoms with Crippen molar-refractivity contribution in [2.75, 3.05) is 25.6 Å².